The predicted molar refractivity (Wildman–Crippen MR) is 63.4 cm³/mol. The van der Waals surface area contributed by atoms with Crippen LogP contribution in [0.3, 0.4) is 0 Å². The Bertz CT molecular complexity index is 352. The highest BCUT2D eigenvalue weighted by Crippen LogP contribution is 2.07. The van der Waals surface area contributed by atoms with Crippen molar-refractivity contribution in [2.24, 2.45) is 0 Å². The molecule has 0 heterocycles. The van der Waals surface area contributed by atoms with E-state index in [9.17, 15) is 4.79 Å². The fraction of sp³-hybridized carbons (Fsp3) is 0.222. The molecule has 0 aliphatic heterocycles. The van der Waals surface area contributed by atoms with Gasteiger partial charge in [0.15, 0.2) is 0 Å². The summed E-state index contributed by atoms with van der Waals surface area (Å²) in [6.07, 6.45) is 0.240. The molecule has 0 fully saturated rings. The van der Waals surface area contributed by atoms with Gasteiger partial charge in [0.05, 0.1) is 0 Å². The molecule has 0 radical (unpaired) electrons. The molecule has 0 aromatic heterocycles. The van der Waals surface area contributed by atoms with Gasteiger partial charge in [-0.15, -0.1) is 0 Å². The minimum Gasteiger partial charge on any atom is -0.423 e. The molecule has 1 aromatic rings. The number of hydrogen-bond donors (Lipinski definition) is 2. The van der Waals surface area contributed by atoms with Crippen LogP contribution in [0, 0.1) is 3.57 Å². The molecule has 1 aromatic carbocycles. The fourth-order valence-electron chi connectivity index (χ4n) is 1.29. The van der Waals surface area contributed by atoms with Crippen molar-refractivity contribution in [1.82, 2.24) is 0 Å². The second-order valence-electron chi connectivity index (χ2n) is 3.07. The van der Waals surface area contributed by atoms with Crippen LogP contribution in [-0.4, -0.2) is 22.9 Å². The molecule has 2 N–H and O–H groups in total. The highest BCUT2D eigenvalue weighted by Gasteiger charge is 2.19. The van der Waals surface area contributed by atoms with E-state index in [1.807, 2.05) is 22.6 Å². The highest BCUT2D eigenvalue weighted by molar-refractivity contribution is 14.1. The van der Waals surface area contributed by atoms with Crippen LogP contribution in [-0.2, 0) is 11.2 Å². The lowest BCUT2D eigenvalue weighted by Crippen LogP contribution is -2.36. The quantitative estimate of drug-likeness (QED) is 0.615. The standard InChI is InChI=1S/C9H10BIO3/c1-6(12)5-7-3-2-4-8(11)9(7)10(13)14/h2-4,13-14H,5H2,1H3. The number of hydrogen-bond acceptors (Lipinski definition) is 3. The molecule has 0 bridgehead atoms. The number of Topliss-reactive ketones (excluding diaryl/α,β-unsaturated/α-hetero) is 1. The smallest absolute Gasteiger partial charge is 0.423 e. The number of benzene rings is 1. The van der Waals surface area contributed by atoms with Gasteiger partial charge in [0.25, 0.3) is 0 Å². The van der Waals surface area contributed by atoms with Gasteiger partial charge < -0.3 is 10.0 Å². The normalized spacial score (nSPS) is 10.0. The van der Waals surface area contributed by atoms with Gasteiger partial charge in [-0.2, -0.15) is 0 Å². The van der Waals surface area contributed by atoms with Crippen molar-refractivity contribution in [2.75, 3.05) is 0 Å². The lowest BCUT2D eigenvalue weighted by atomic mass is 9.76. The van der Waals surface area contributed by atoms with Gasteiger partial charge in [0.2, 0.25) is 0 Å². The van der Waals surface area contributed by atoms with Gasteiger partial charge in [-0.3, -0.25) is 4.79 Å². The Morgan fingerprint density at radius 2 is 2.14 bits per heavy atom. The number of rotatable bonds is 3. The molecule has 74 valence electrons. The summed E-state index contributed by atoms with van der Waals surface area (Å²) in [6, 6.07) is 5.31. The zero-order valence-corrected chi connectivity index (χ0v) is 9.85. The number of carbonyl (C=O) groups excluding carboxylic acids is 1. The van der Waals surface area contributed by atoms with E-state index in [0.717, 1.165) is 3.57 Å². The Labute approximate surface area is 96.4 Å². The minimum atomic E-state index is -1.52. The van der Waals surface area contributed by atoms with Crippen LogP contribution < -0.4 is 5.46 Å². The van der Waals surface area contributed by atoms with Gasteiger partial charge in [0.1, 0.15) is 5.78 Å². The maximum Gasteiger partial charge on any atom is 0.489 e. The maximum atomic E-state index is 10.9. The van der Waals surface area contributed by atoms with Crippen LogP contribution in [0.15, 0.2) is 18.2 Å². The summed E-state index contributed by atoms with van der Waals surface area (Å²) in [5.41, 5.74) is 1.11. The van der Waals surface area contributed by atoms with Crippen LogP contribution in [0.4, 0.5) is 0 Å². The maximum absolute atomic E-state index is 10.9. The Morgan fingerprint density at radius 1 is 1.50 bits per heavy atom. The molecule has 0 saturated carbocycles. The largest absolute Gasteiger partial charge is 0.489 e. The minimum absolute atomic E-state index is 0.00824. The summed E-state index contributed by atoms with van der Waals surface area (Å²) in [5.74, 6) is 0.00824. The number of carbonyl (C=O) groups is 1. The molecule has 0 amide bonds. The van der Waals surface area contributed by atoms with E-state index >= 15 is 0 Å². The van der Waals surface area contributed by atoms with Gasteiger partial charge >= 0.3 is 7.12 Å². The zero-order valence-electron chi connectivity index (χ0n) is 7.70. The SMILES string of the molecule is CC(=O)Cc1cccc(I)c1B(O)O. The second-order valence-corrected chi connectivity index (χ2v) is 4.23. The third-order valence-electron chi connectivity index (χ3n) is 1.84. The summed E-state index contributed by atoms with van der Waals surface area (Å²) in [4.78, 5) is 10.9. The summed E-state index contributed by atoms with van der Waals surface area (Å²) in [7, 11) is -1.52. The molecular formula is C9H10BIO3. The van der Waals surface area contributed by atoms with E-state index < -0.39 is 7.12 Å². The monoisotopic (exact) mass is 304 g/mol. The average molecular weight is 304 g/mol. The van der Waals surface area contributed by atoms with Crippen molar-refractivity contribution < 1.29 is 14.8 Å². The lowest BCUT2D eigenvalue weighted by molar-refractivity contribution is -0.116. The van der Waals surface area contributed by atoms with Gasteiger partial charge in [-0.1, -0.05) is 12.1 Å². The Balaban J connectivity index is 3.14. The predicted octanol–water partition coefficient (Wildman–Crippen LogP) is 0.102. The molecule has 0 aliphatic rings. The molecule has 0 aliphatic carbocycles. The van der Waals surface area contributed by atoms with Crippen LogP contribution in [0.1, 0.15) is 12.5 Å². The fourth-order valence-corrected chi connectivity index (χ4v) is 2.13. The highest BCUT2D eigenvalue weighted by atomic mass is 127. The topological polar surface area (TPSA) is 57.5 Å². The van der Waals surface area contributed by atoms with Gasteiger partial charge in [0, 0.05) is 9.99 Å². The van der Waals surface area contributed by atoms with Crippen molar-refractivity contribution in [3.05, 3.63) is 27.3 Å². The molecule has 3 nitrogen and oxygen atoms in total. The molecule has 0 saturated heterocycles. The van der Waals surface area contributed by atoms with Crippen LogP contribution in [0.5, 0.6) is 0 Å². The third-order valence-corrected chi connectivity index (χ3v) is 2.78. The van der Waals surface area contributed by atoms with E-state index in [0.29, 0.717) is 11.0 Å². The first kappa shape index (κ1) is 11.7. The van der Waals surface area contributed by atoms with E-state index in [4.69, 9.17) is 10.0 Å². The van der Waals surface area contributed by atoms with E-state index in [2.05, 4.69) is 0 Å². The lowest BCUT2D eigenvalue weighted by Gasteiger charge is -2.09. The summed E-state index contributed by atoms with van der Waals surface area (Å²) < 4.78 is 0.761. The van der Waals surface area contributed by atoms with Gasteiger partial charge in [-0.25, -0.2) is 0 Å². The van der Waals surface area contributed by atoms with Crippen molar-refractivity contribution in [1.29, 1.82) is 0 Å². The van der Waals surface area contributed by atoms with Crippen molar-refractivity contribution in [3.63, 3.8) is 0 Å². The summed E-state index contributed by atoms with van der Waals surface area (Å²) >= 11 is 2.02. The summed E-state index contributed by atoms with van der Waals surface area (Å²) in [6.45, 7) is 1.48. The molecule has 5 heteroatoms. The number of ketones is 1. The molecule has 1 rings (SSSR count). The molecular weight excluding hydrogens is 294 g/mol. The third kappa shape index (κ3) is 2.80. The van der Waals surface area contributed by atoms with Crippen LogP contribution in [0.25, 0.3) is 0 Å². The van der Waals surface area contributed by atoms with E-state index in [1.54, 1.807) is 18.2 Å². The second kappa shape index (κ2) is 4.90. The average Bonchev–Trinajstić information content (AvgIpc) is 2.01. The zero-order chi connectivity index (χ0) is 10.7. The number of halogens is 1. The molecule has 0 atom stereocenters. The first-order chi connectivity index (χ1) is 6.52. The Hall–Kier alpha value is -0.395. The van der Waals surface area contributed by atoms with Crippen molar-refractivity contribution >= 4 is 41.0 Å². The van der Waals surface area contributed by atoms with E-state index in [-0.39, 0.29) is 12.2 Å². The Kier molecular flexibility index (Phi) is 4.09. The molecule has 0 spiro atoms. The first-order valence-corrected chi connectivity index (χ1v) is 5.23. The summed E-state index contributed by atoms with van der Waals surface area (Å²) in [5, 5.41) is 18.3. The van der Waals surface area contributed by atoms with Gasteiger partial charge in [-0.05, 0) is 46.6 Å². The molecule has 14 heavy (non-hydrogen) atoms. The van der Waals surface area contributed by atoms with Crippen LogP contribution in [0.2, 0.25) is 0 Å². The molecule has 0 unspecified atom stereocenters. The van der Waals surface area contributed by atoms with Crippen molar-refractivity contribution in [2.45, 2.75) is 13.3 Å². The Morgan fingerprint density at radius 3 is 2.64 bits per heavy atom. The van der Waals surface area contributed by atoms with E-state index in [1.165, 1.54) is 6.92 Å². The van der Waals surface area contributed by atoms with Crippen LogP contribution >= 0.6 is 22.6 Å². The van der Waals surface area contributed by atoms with Crippen molar-refractivity contribution in [3.8, 4) is 0 Å². The first-order valence-electron chi connectivity index (χ1n) is 4.15.